The van der Waals surface area contributed by atoms with Crippen LogP contribution in [0.3, 0.4) is 0 Å². The van der Waals surface area contributed by atoms with Gasteiger partial charge in [-0.2, -0.15) is 0 Å². The SMILES string of the molecule is CCCCC/C=C\C/C=C\CCCCCCCCCC(=O)OC(COC(=O)CCCCCCCCCCC)COC(=O)CCCCCCCCCCCCCCCCCCCCCCCCCCCCC. The number of allylic oxidation sites excluding steroid dienone is 4. The molecule has 0 bridgehead atoms. The monoisotopic (exact) mass is 999 g/mol. The molecule has 6 heteroatoms. The molecule has 0 N–H and O–H groups in total. The smallest absolute Gasteiger partial charge is 0.306 e. The maximum absolute atomic E-state index is 12.8. The van der Waals surface area contributed by atoms with E-state index in [0.717, 1.165) is 70.6 Å². The quantitative estimate of drug-likeness (QED) is 0.0261. The molecule has 0 spiro atoms. The Bertz CT molecular complexity index is 1150. The Morgan fingerprint density at radius 3 is 0.803 bits per heavy atom. The summed E-state index contributed by atoms with van der Waals surface area (Å²) in [5.41, 5.74) is 0. The highest BCUT2D eigenvalue weighted by molar-refractivity contribution is 5.71. The van der Waals surface area contributed by atoms with Crippen molar-refractivity contribution in [2.75, 3.05) is 13.2 Å². The van der Waals surface area contributed by atoms with E-state index in [1.54, 1.807) is 0 Å². The molecule has 1 atom stereocenters. The van der Waals surface area contributed by atoms with Crippen molar-refractivity contribution >= 4 is 17.9 Å². The molecule has 0 radical (unpaired) electrons. The van der Waals surface area contributed by atoms with Crippen molar-refractivity contribution in [1.82, 2.24) is 0 Å². The maximum Gasteiger partial charge on any atom is 0.306 e. The van der Waals surface area contributed by atoms with Gasteiger partial charge in [0, 0.05) is 19.3 Å². The zero-order chi connectivity index (χ0) is 51.4. The molecule has 6 nitrogen and oxygen atoms in total. The number of carbonyl (C=O) groups excluding carboxylic acids is 3. The van der Waals surface area contributed by atoms with Gasteiger partial charge >= 0.3 is 17.9 Å². The first-order chi connectivity index (χ1) is 35.0. The minimum atomic E-state index is -0.770. The van der Waals surface area contributed by atoms with E-state index < -0.39 is 6.10 Å². The molecule has 0 aliphatic rings. The predicted molar refractivity (Wildman–Crippen MR) is 307 cm³/mol. The third kappa shape index (κ3) is 58.7. The zero-order valence-corrected chi connectivity index (χ0v) is 48.0. The van der Waals surface area contributed by atoms with Crippen LogP contribution >= 0.6 is 0 Å². The molecule has 0 aromatic rings. The van der Waals surface area contributed by atoms with Crippen LogP contribution < -0.4 is 0 Å². The van der Waals surface area contributed by atoms with Gasteiger partial charge in [-0.15, -0.1) is 0 Å². The second-order valence-electron chi connectivity index (χ2n) is 21.7. The zero-order valence-electron chi connectivity index (χ0n) is 48.0. The molecule has 0 heterocycles. The van der Waals surface area contributed by atoms with Gasteiger partial charge in [-0.3, -0.25) is 14.4 Å². The number of esters is 3. The summed E-state index contributed by atoms with van der Waals surface area (Å²) >= 11 is 0. The lowest BCUT2D eigenvalue weighted by molar-refractivity contribution is -0.167. The van der Waals surface area contributed by atoms with Crippen molar-refractivity contribution in [3.8, 4) is 0 Å². The lowest BCUT2D eigenvalue weighted by atomic mass is 10.0. The molecule has 0 aliphatic carbocycles. The van der Waals surface area contributed by atoms with Gasteiger partial charge in [0.15, 0.2) is 6.10 Å². The Hall–Kier alpha value is -2.11. The second-order valence-corrected chi connectivity index (χ2v) is 21.7. The first kappa shape index (κ1) is 68.9. The summed E-state index contributed by atoms with van der Waals surface area (Å²) in [5, 5.41) is 0. The standard InChI is InChI=1S/C65H122O6/c1-4-7-10-13-16-19-21-23-25-27-28-29-30-31-32-33-34-35-36-38-39-41-43-46-49-52-55-58-64(67)70-61-62(60-69-63(66)57-54-51-48-45-18-15-12-9-6-3)71-65(68)59-56-53-50-47-44-42-40-37-26-24-22-20-17-14-11-8-5-2/h17,20,24,26,62H,4-16,18-19,21-23,25,27-61H2,1-3H3/b20-17-,26-24-. The van der Waals surface area contributed by atoms with Gasteiger partial charge in [-0.1, -0.05) is 308 Å². The maximum atomic E-state index is 12.8. The van der Waals surface area contributed by atoms with E-state index in [4.69, 9.17) is 14.2 Å². The van der Waals surface area contributed by atoms with E-state index in [2.05, 4.69) is 45.1 Å². The summed E-state index contributed by atoms with van der Waals surface area (Å²) in [6.07, 6.45) is 72.1. The van der Waals surface area contributed by atoms with Crippen molar-refractivity contribution in [1.29, 1.82) is 0 Å². The summed E-state index contributed by atoms with van der Waals surface area (Å²) in [6.45, 7) is 6.65. The molecule has 0 aromatic carbocycles. The number of rotatable bonds is 59. The minimum absolute atomic E-state index is 0.0691. The summed E-state index contributed by atoms with van der Waals surface area (Å²) in [6, 6.07) is 0. The average molecular weight is 1000 g/mol. The van der Waals surface area contributed by atoms with E-state index in [0.29, 0.717) is 19.3 Å². The third-order valence-corrected chi connectivity index (χ3v) is 14.5. The van der Waals surface area contributed by atoms with Crippen LogP contribution in [0.5, 0.6) is 0 Å². The van der Waals surface area contributed by atoms with E-state index >= 15 is 0 Å². The average Bonchev–Trinajstić information content (AvgIpc) is 3.37. The molecule has 0 aliphatic heterocycles. The van der Waals surface area contributed by atoms with Gasteiger partial charge in [0.2, 0.25) is 0 Å². The van der Waals surface area contributed by atoms with Gasteiger partial charge in [0.25, 0.3) is 0 Å². The lowest BCUT2D eigenvalue weighted by Crippen LogP contribution is -2.30. The van der Waals surface area contributed by atoms with Crippen LogP contribution in [0.15, 0.2) is 24.3 Å². The fourth-order valence-electron chi connectivity index (χ4n) is 9.65. The predicted octanol–water partition coefficient (Wildman–Crippen LogP) is 21.4. The number of ether oxygens (including phenoxy) is 3. The second kappa shape index (κ2) is 60.4. The molecule has 0 fully saturated rings. The lowest BCUT2D eigenvalue weighted by Gasteiger charge is -2.18. The number of unbranched alkanes of at least 4 members (excludes halogenated alkanes) is 44. The highest BCUT2D eigenvalue weighted by Crippen LogP contribution is 2.18. The van der Waals surface area contributed by atoms with E-state index in [-0.39, 0.29) is 31.1 Å². The molecular weight excluding hydrogens is 877 g/mol. The molecule has 0 amide bonds. The number of hydrogen-bond donors (Lipinski definition) is 0. The first-order valence-electron chi connectivity index (χ1n) is 31.8. The molecule has 418 valence electrons. The van der Waals surface area contributed by atoms with Gasteiger partial charge in [-0.05, 0) is 51.4 Å². The van der Waals surface area contributed by atoms with Gasteiger partial charge in [0.1, 0.15) is 13.2 Å². The van der Waals surface area contributed by atoms with Crippen LogP contribution in [-0.4, -0.2) is 37.2 Å². The summed E-state index contributed by atoms with van der Waals surface area (Å²) < 4.78 is 16.9. The summed E-state index contributed by atoms with van der Waals surface area (Å²) in [7, 11) is 0. The highest BCUT2D eigenvalue weighted by Gasteiger charge is 2.19. The van der Waals surface area contributed by atoms with Crippen molar-refractivity contribution in [3.05, 3.63) is 24.3 Å². The van der Waals surface area contributed by atoms with Gasteiger partial charge in [-0.25, -0.2) is 0 Å². The van der Waals surface area contributed by atoms with Crippen LogP contribution in [0.4, 0.5) is 0 Å². The first-order valence-corrected chi connectivity index (χ1v) is 31.8. The normalized spacial score (nSPS) is 12.1. The Kier molecular flexibility index (Phi) is 58.6. The van der Waals surface area contributed by atoms with Crippen LogP contribution in [0.2, 0.25) is 0 Å². The fraction of sp³-hybridized carbons (Fsp3) is 0.892. The number of hydrogen-bond acceptors (Lipinski definition) is 6. The molecule has 71 heavy (non-hydrogen) atoms. The number of carbonyl (C=O) groups is 3. The minimum Gasteiger partial charge on any atom is -0.462 e. The molecule has 0 rings (SSSR count). The van der Waals surface area contributed by atoms with Gasteiger partial charge < -0.3 is 14.2 Å². The Balaban J connectivity index is 4.11. The molecule has 0 saturated carbocycles. The fourth-order valence-corrected chi connectivity index (χ4v) is 9.65. The van der Waals surface area contributed by atoms with Crippen LogP contribution in [0.1, 0.15) is 355 Å². The van der Waals surface area contributed by atoms with Crippen LogP contribution in [0.25, 0.3) is 0 Å². The van der Waals surface area contributed by atoms with Gasteiger partial charge in [0.05, 0.1) is 0 Å². The van der Waals surface area contributed by atoms with E-state index in [1.165, 1.54) is 244 Å². The van der Waals surface area contributed by atoms with Crippen molar-refractivity contribution < 1.29 is 28.6 Å². The van der Waals surface area contributed by atoms with E-state index in [1.807, 2.05) is 0 Å². The summed E-state index contributed by atoms with van der Waals surface area (Å²) in [5.74, 6) is -0.857. The summed E-state index contributed by atoms with van der Waals surface area (Å²) in [4.78, 5) is 38.1. The Labute approximate surface area is 443 Å². The van der Waals surface area contributed by atoms with E-state index in [9.17, 15) is 14.4 Å². The van der Waals surface area contributed by atoms with Crippen LogP contribution in [-0.2, 0) is 28.6 Å². The third-order valence-electron chi connectivity index (χ3n) is 14.5. The van der Waals surface area contributed by atoms with Crippen molar-refractivity contribution in [2.45, 2.75) is 361 Å². The Morgan fingerprint density at radius 2 is 0.507 bits per heavy atom. The largest absolute Gasteiger partial charge is 0.462 e. The molecule has 0 saturated heterocycles. The van der Waals surface area contributed by atoms with Crippen LogP contribution in [0, 0.1) is 0 Å². The Morgan fingerprint density at radius 1 is 0.282 bits per heavy atom. The highest BCUT2D eigenvalue weighted by atomic mass is 16.6. The molecular formula is C65H122O6. The van der Waals surface area contributed by atoms with Crippen molar-refractivity contribution in [2.24, 2.45) is 0 Å². The molecule has 0 aromatic heterocycles. The molecule has 1 unspecified atom stereocenters. The topological polar surface area (TPSA) is 78.9 Å². The van der Waals surface area contributed by atoms with Crippen molar-refractivity contribution in [3.63, 3.8) is 0 Å².